The highest BCUT2D eigenvalue weighted by atomic mass is 16.5. The highest BCUT2D eigenvalue weighted by Gasteiger charge is 2.54. The van der Waals surface area contributed by atoms with Crippen LogP contribution in [0.25, 0.3) is 0 Å². The minimum Gasteiger partial charge on any atom is -0.494 e. The van der Waals surface area contributed by atoms with Crippen molar-refractivity contribution in [1.82, 2.24) is 0 Å². The Morgan fingerprint density at radius 3 is 2.67 bits per heavy atom. The van der Waals surface area contributed by atoms with E-state index < -0.39 is 0 Å². The van der Waals surface area contributed by atoms with E-state index in [2.05, 4.69) is 0 Å². The molecule has 0 aliphatic heterocycles. The van der Waals surface area contributed by atoms with Crippen molar-refractivity contribution >= 4 is 5.78 Å². The van der Waals surface area contributed by atoms with Crippen LogP contribution in [-0.2, 0) is 0 Å². The molecule has 2 atom stereocenters. The fraction of sp³-hybridized carbons (Fsp3) is 0.562. The molecule has 0 aromatic heterocycles. The van der Waals surface area contributed by atoms with Gasteiger partial charge < -0.3 is 4.74 Å². The lowest BCUT2D eigenvalue weighted by Gasteiger charge is -2.05. The van der Waals surface area contributed by atoms with E-state index in [9.17, 15) is 4.79 Å². The van der Waals surface area contributed by atoms with Gasteiger partial charge in [-0.1, -0.05) is 25.0 Å². The molecule has 1 aromatic carbocycles. The van der Waals surface area contributed by atoms with Crippen molar-refractivity contribution in [3.63, 3.8) is 0 Å². The van der Waals surface area contributed by atoms with Gasteiger partial charge in [-0.25, -0.2) is 0 Å². The summed E-state index contributed by atoms with van der Waals surface area (Å²) in [5.74, 6) is 2.83. The van der Waals surface area contributed by atoms with E-state index in [0.717, 1.165) is 11.3 Å². The predicted octanol–water partition coefficient (Wildman–Crippen LogP) is 3.70. The van der Waals surface area contributed by atoms with Crippen LogP contribution in [0.15, 0.2) is 24.3 Å². The van der Waals surface area contributed by atoms with Gasteiger partial charge in [0.25, 0.3) is 0 Å². The number of rotatable bonds is 4. The fourth-order valence-corrected chi connectivity index (χ4v) is 3.48. The van der Waals surface area contributed by atoms with Gasteiger partial charge in [-0.3, -0.25) is 4.79 Å². The Morgan fingerprint density at radius 2 is 2.00 bits per heavy atom. The molecule has 0 spiro atoms. The van der Waals surface area contributed by atoms with E-state index in [1.807, 2.05) is 31.2 Å². The number of carbonyl (C=O) groups excluding carboxylic acids is 1. The van der Waals surface area contributed by atoms with E-state index in [1.165, 1.54) is 25.7 Å². The van der Waals surface area contributed by atoms with Crippen LogP contribution in [0.3, 0.4) is 0 Å². The first-order valence-corrected chi connectivity index (χ1v) is 7.08. The predicted molar refractivity (Wildman–Crippen MR) is 70.9 cm³/mol. The Bertz CT molecular complexity index is 440. The Labute approximate surface area is 108 Å². The smallest absolute Gasteiger partial charge is 0.166 e. The third-order valence-electron chi connectivity index (χ3n) is 4.39. The maximum atomic E-state index is 12.5. The average molecular weight is 244 g/mol. The standard InChI is InChI=1S/C16H20O2/c1-2-18-12-7-5-6-11(10-12)16(17)15-13-8-3-4-9-14(13)15/h5-7,10,13-15H,2-4,8-9H2,1H3. The third kappa shape index (κ3) is 2.05. The third-order valence-corrected chi connectivity index (χ3v) is 4.39. The number of Topliss-reactive ketones (excluding diaryl/α,β-unsaturated/α-hetero) is 1. The van der Waals surface area contributed by atoms with E-state index in [1.54, 1.807) is 0 Å². The first kappa shape index (κ1) is 11.8. The topological polar surface area (TPSA) is 26.3 Å². The minimum atomic E-state index is 0.310. The van der Waals surface area contributed by atoms with Crippen LogP contribution in [0, 0.1) is 17.8 Å². The summed E-state index contributed by atoms with van der Waals surface area (Å²) in [5.41, 5.74) is 0.834. The van der Waals surface area contributed by atoms with Crippen LogP contribution in [0.4, 0.5) is 0 Å². The van der Waals surface area contributed by atoms with Crippen LogP contribution in [-0.4, -0.2) is 12.4 Å². The number of benzene rings is 1. The molecule has 96 valence electrons. The Balaban J connectivity index is 1.74. The highest BCUT2D eigenvalue weighted by Crippen LogP contribution is 2.56. The molecular formula is C16H20O2. The lowest BCUT2D eigenvalue weighted by molar-refractivity contribution is 0.0956. The van der Waals surface area contributed by atoms with Gasteiger partial charge in [-0.05, 0) is 43.7 Å². The first-order valence-electron chi connectivity index (χ1n) is 7.08. The summed E-state index contributed by atoms with van der Waals surface area (Å²) in [7, 11) is 0. The number of hydrogen-bond donors (Lipinski definition) is 0. The summed E-state index contributed by atoms with van der Waals surface area (Å²) in [6.45, 7) is 2.61. The van der Waals surface area contributed by atoms with Gasteiger partial charge in [0.05, 0.1) is 6.61 Å². The summed E-state index contributed by atoms with van der Waals surface area (Å²) in [6.07, 6.45) is 5.13. The zero-order valence-corrected chi connectivity index (χ0v) is 10.9. The Kier molecular flexibility index (Phi) is 3.11. The largest absolute Gasteiger partial charge is 0.494 e. The SMILES string of the molecule is CCOc1cccc(C(=O)C2C3CCCCC32)c1. The number of fused-ring (bicyclic) bond motifs is 1. The van der Waals surface area contributed by atoms with Crippen molar-refractivity contribution in [2.45, 2.75) is 32.6 Å². The molecular weight excluding hydrogens is 224 g/mol. The molecule has 0 amide bonds. The van der Waals surface area contributed by atoms with Crippen LogP contribution in [0.5, 0.6) is 5.75 Å². The molecule has 2 aliphatic carbocycles. The van der Waals surface area contributed by atoms with Gasteiger partial charge in [-0.2, -0.15) is 0 Å². The Hall–Kier alpha value is -1.31. The molecule has 2 heteroatoms. The van der Waals surface area contributed by atoms with Crippen LogP contribution in [0.1, 0.15) is 43.0 Å². The molecule has 2 nitrogen and oxygen atoms in total. The van der Waals surface area contributed by atoms with E-state index in [0.29, 0.717) is 30.1 Å². The van der Waals surface area contributed by atoms with Gasteiger partial charge in [0.15, 0.2) is 5.78 Å². The van der Waals surface area contributed by atoms with Crippen LogP contribution >= 0.6 is 0 Å². The summed E-state index contributed by atoms with van der Waals surface area (Å²) >= 11 is 0. The molecule has 18 heavy (non-hydrogen) atoms. The normalized spacial score (nSPS) is 29.5. The molecule has 2 fully saturated rings. The van der Waals surface area contributed by atoms with Gasteiger partial charge in [0.2, 0.25) is 0 Å². The van der Waals surface area contributed by atoms with Crippen molar-refractivity contribution in [3.8, 4) is 5.75 Å². The quantitative estimate of drug-likeness (QED) is 0.755. The summed E-state index contributed by atoms with van der Waals surface area (Å²) < 4.78 is 5.46. The minimum absolute atomic E-state index is 0.310. The summed E-state index contributed by atoms with van der Waals surface area (Å²) in [5, 5.41) is 0. The average Bonchev–Trinajstić information content (AvgIpc) is 3.13. The fourth-order valence-electron chi connectivity index (χ4n) is 3.48. The summed E-state index contributed by atoms with van der Waals surface area (Å²) in [6, 6.07) is 7.66. The van der Waals surface area contributed by atoms with E-state index in [4.69, 9.17) is 4.74 Å². The molecule has 0 heterocycles. The highest BCUT2D eigenvalue weighted by molar-refractivity contribution is 6.00. The van der Waals surface area contributed by atoms with E-state index >= 15 is 0 Å². The first-order chi connectivity index (χ1) is 8.81. The number of carbonyl (C=O) groups is 1. The van der Waals surface area contributed by atoms with Crippen molar-refractivity contribution < 1.29 is 9.53 Å². The molecule has 1 aromatic rings. The lowest BCUT2D eigenvalue weighted by Crippen LogP contribution is -2.04. The molecule has 2 saturated carbocycles. The second kappa shape index (κ2) is 4.75. The second-order valence-electron chi connectivity index (χ2n) is 5.46. The number of ketones is 1. The number of hydrogen-bond acceptors (Lipinski definition) is 2. The monoisotopic (exact) mass is 244 g/mol. The van der Waals surface area contributed by atoms with Gasteiger partial charge in [-0.15, -0.1) is 0 Å². The van der Waals surface area contributed by atoms with Crippen molar-refractivity contribution in [2.24, 2.45) is 17.8 Å². The van der Waals surface area contributed by atoms with Crippen molar-refractivity contribution in [3.05, 3.63) is 29.8 Å². The molecule has 2 unspecified atom stereocenters. The van der Waals surface area contributed by atoms with Gasteiger partial charge >= 0.3 is 0 Å². The van der Waals surface area contributed by atoms with Crippen LogP contribution in [0.2, 0.25) is 0 Å². The Morgan fingerprint density at radius 1 is 1.28 bits per heavy atom. The molecule has 0 radical (unpaired) electrons. The lowest BCUT2D eigenvalue weighted by atomic mass is 10.0. The summed E-state index contributed by atoms with van der Waals surface area (Å²) in [4.78, 5) is 12.5. The van der Waals surface area contributed by atoms with Crippen LogP contribution < -0.4 is 4.74 Å². The molecule has 2 aliphatic rings. The molecule has 0 N–H and O–H groups in total. The number of ether oxygens (including phenoxy) is 1. The molecule has 3 rings (SSSR count). The second-order valence-corrected chi connectivity index (χ2v) is 5.46. The van der Waals surface area contributed by atoms with Crippen molar-refractivity contribution in [2.75, 3.05) is 6.61 Å². The maximum Gasteiger partial charge on any atom is 0.166 e. The molecule has 0 saturated heterocycles. The van der Waals surface area contributed by atoms with Crippen molar-refractivity contribution in [1.29, 1.82) is 0 Å². The molecule has 0 bridgehead atoms. The van der Waals surface area contributed by atoms with Gasteiger partial charge in [0, 0.05) is 11.5 Å². The maximum absolute atomic E-state index is 12.5. The zero-order valence-electron chi connectivity index (χ0n) is 10.9. The van der Waals surface area contributed by atoms with Gasteiger partial charge in [0.1, 0.15) is 5.75 Å². The van der Waals surface area contributed by atoms with E-state index in [-0.39, 0.29) is 0 Å². The zero-order chi connectivity index (χ0) is 12.5.